The van der Waals surface area contributed by atoms with E-state index < -0.39 is 40.2 Å². The van der Waals surface area contributed by atoms with Crippen molar-refractivity contribution in [1.82, 2.24) is 10.2 Å². The second-order valence-electron chi connectivity index (χ2n) is 7.85. The molecule has 0 spiro atoms. The number of sulfonamides is 1. The van der Waals surface area contributed by atoms with Crippen molar-refractivity contribution in [2.45, 2.75) is 24.4 Å². The van der Waals surface area contributed by atoms with Crippen molar-refractivity contribution in [1.29, 1.82) is 0 Å². The second kappa shape index (κ2) is 11.7. The Hall–Kier alpha value is -3.14. The summed E-state index contributed by atoms with van der Waals surface area (Å²) in [7, 11) is -2.83. The highest BCUT2D eigenvalue weighted by atomic mass is 35.5. The number of para-hydroxylation sites is 1. The summed E-state index contributed by atoms with van der Waals surface area (Å²) < 4.78 is 41.4. The lowest BCUT2D eigenvalue weighted by atomic mass is 10.1. The number of nitrogens with one attached hydrogen (secondary N) is 1. The first-order chi connectivity index (χ1) is 17.0. The first kappa shape index (κ1) is 27.4. The van der Waals surface area contributed by atoms with Crippen LogP contribution in [0.1, 0.15) is 12.5 Å². The van der Waals surface area contributed by atoms with E-state index in [0.29, 0.717) is 15.6 Å². The minimum absolute atomic E-state index is 0.0668. The monoisotopic (exact) mass is 551 g/mol. The number of anilines is 1. The molecule has 0 unspecified atom stereocenters. The van der Waals surface area contributed by atoms with Crippen molar-refractivity contribution in [2.24, 2.45) is 0 Å². The molecule has 1 N–H and O–H groups in total. The van der Waals surface area contributed by atoms with E-state index in [1.165, 1.54) is 37.1 Å². The fraction of sp³-hybridized carbons (Fsp3) is 0.200. The summed E-state index contributed by atoms with van der Waals surface area (Å²) in [6.45, 7) is 0.848. The lowest BCUT2D eigenvalue weighted by molar-refractivity contribution is -0.139. The molecular formula is C25H24Cl2FN3O4S. The quantitative estimate of drug-likeness (QED) is 0.424. The fourth-order valence-corrected chi connectivity index (χ4v) is 5.36. The summed E-state index contributed by atoms with van der Waals surface area (Å²) in [6, 6.07) is 16.2. The van der Waals surface area contributed by atoms with Gasteiger partial charge in [0.05, 0.1) is 10.6 Å². The smallest absolute Gasteiger partial charge is 0.264 e. The molecule has 0 heterocycles. The number of rotatable bonds is 9. The molecule has 0 bridgehead atoms. The van der Waals surface area contributed by atoms with E-state index in [0.717, 1.165) is 28.6 Å². The number of hydrogen-bond acceptors (Lipinski definition) is 4. The van der Waals surface area contributed by atoms with Crippen LogP contribution in [-0.4, -0.2) is 44.8 Å². The molecule has 1 atom stereocenters. The zero-order valence-corrected chi connectivity index (χ0v) is 21.8. The maximum atomic E-state index is 13.6. The zero-order valence-electron chi connectivity index (χ0n) is 19.5. The summed E-state index contributed by atoms with van der Waals surface area (Å²) in [4.78, 5) is 27.1. The van der Waals surface area contributed by atoms with Crippen LogP contribution in [0.4, 0.5) is 10.1 Å². The number of amides is 2. The molecule has 0 aromatic heterocycles. The van der Waals surface area contributed by atoms with Gasteiger partial charge in [0.25, 0.3) is 10.0 Å². The molecule has 0 aliphatic carbocycles. The number of likely N-dealkylation sites (N-methyl/N-ethyl adjacent to an activating group) is 1. The molecule has 0 saturated heterocycles. The van der Waals surface area contributed by atoms with E-state index in [1.54, 1.807) is 30.3 Å². The number of hydrogen-bond donors (Lipinski definition) is 1. The first-order valence-corrected chi connectivity index (χ1v) is 13.0. The summed E-state index contributed by atoms with van der Waals surface area (Å²) in [5.41, 5.74) is 0.755. The van der Waals surface area contributed by atoms with Gasteiger partial charge in [0.15, 0.2) is 0 Å². The third kappa shape index (κ3) is 6.34. The number of nitrogens with zero attached hydrogens (tertiary/aromatic N) is 2. The van der Waals surface area contributed by atoms with Crippen LogP contribution in [-0.2, 0) is 26.2 Å². The summed E-state index contributed by atoms with van der Waals surface area (Å²) in [5.74, 6) is -1.69. The predicted octanol–water partition coefficient (Wildman–Crippen LogP) is 4.49. The first-order valence-electron chi connectivity index (χ1n) is 10.8. The van der Waals surface area contributed by atoms with E-state index in [2.05, 4.69) is 5.32 Å². The van der Waals surface area contributed by atoms with Crippen LogP contribution in [0.5, 0.6) is 0 Å². The van der Waals surface area contributed by atoms with Gasteiger partial charge in [-0.05, 0) is 61.0 Å². The SMILES string of the molecule is CNC(=O)[C@H](C)N(Cc1ccc(Cl)cc1Cl)C(=O)CN(c1ccccc1)S(=O)(=O)c1ccc(F)cc1. The van der Waals surface area contributed by atoms with Gasteiger partial charge in [-0.1, -0.05) is 47.5 Å². The molecule has 3 aromatic carbocycles. The maximum absolute atomic E-state index is 13.6. The van der Waals surface area contributed by atoms with E-state index in [1.807, 2.05) is 0 Å². The third-order valence-electron chi connectivity index (χ3n) is 5.49. The van der Waals surface area contributed by atoms with Gasteiger partial charge >= 0.3 is 0 Å². The molecule has 3 aromatic rings. The Morgan fingerprint density at radius 2 is 1.64 bits per heavy atom. The van der Waals surface area contributed by atoms with Crippen molar-refractivity contribution < 1.29 is 22.4 Å². The number of carbonyl (C=O) groups is 2. The molecule has 2 amide bonds. The van der Waals surface area contributed by atoms with Gasteiger partial charge in [-0.2, -0.15) is 0 Å². The number of benzene rings is 3. The van der Waals surface area contributed by atoms with Gasteiger partial charge in [-0.15, -0.1) is 0 Å². The van der Waals surface area contributed by atoms with Gasteiger partial charge in [0.2, 0.25) is 11.8 Å². The minimum Gasteiger partial charge on any atom is -0.357 e. The lowest BCUT2D eigenvalue weighted by Gasteiger charge is -2.32. The van der Waals surface area contributed by atoms with E-state index >= 15 is 0 Å². The highest BCUT2D eigenvalue weighted by Crippen LogP contribution is 2.26. The van der Waals surface area contributed by atoms with Crippen LogP contribution in [0.2, 0.25) is 10.0 Å². The van der Waals surface area contributed by atoms with Crippen molar-refractivity contribution in [2.75, 3.05) is 17.9 Å². The zero-order chi connectivity index (χ0) is 26.5. The standard InChI is InChI=1S/C25H24Cl2FN3O4S/c1-17(25(33)29-2)30(15-18-8-9-19(26)14-23(18)27)24(32)16-31(21-6-4-3-5-7-21)36(34,35)22-12-10-20(28)11-13-22/h3-14,17H,15-16H2,1-2H3,(H,29,33)/t17-/m0/s1. The Balaban J connectivity index is 2.02. The van der Waals surface area contributed by atoms with E-state index in [-0.39, 0.29) is 17.1 Å². The van der Waals surface area contributed by atoms with Gasteiger partial charge in [0.1, 0.15) is 18.4 Å². The lowest BCUT2D eigenvalue weighted by Crippen LogP contribution is -2.50. The fourth-order valence-electron chi connectivity index (χ4n) is 3.48. The molecule has 190 valence electrons. The Morgan fingerprint density at radius 1 is 1.00 bits per heavy atom. The molecule has 7 nitrogen and oxygen atoms in total. The normalized spacial score (nSPS) is 12.0. The molecule has 0 radical (unpaired) electrons. The van der Waals surface area contributed by atoms with Crippen molar-refractivity contribution in [3.8, 4) is 0 Å². The second-order valence-corrected chi connectivity index (χ2v) is 10.6. The number of carbonyl (C=O) groups excluding carboxylic acids is 2. The topological polar surface area (TPSA) is 86.8 Å². The van der Waals surface area contributed by atoms with Gasteiger partial charge in [-0.3, -0.25) is 13.9 Å². The number of halogens is 3. The highest BCUT2D eigenvalue weighted by molar-refractivity contribution is 7.92. The van der Waals surface area contributed by atoms with E-state index in [4.69, 9.17) is 23.2 Å². The summed E-state index contributed by atoms with van der Waals surface area (Å²) in [5, 5.41) is 3.20. The van der Waals surface area contributed by atoms with Crippen LogP contribution in [0.3, 0.4) is 0 Å². The Labute approximate surface area is 219 Å². The molecule has 3 rings (SSSR count). The molecule has 0 fully saturated rings. The van der Waals surface area contributed by atoms with Crippen molar-refractivity contribution in [3.63, 3.8) is 0 Å². The predicted molar refractivity (Wildman–Crippen MR) is 138 cm³/mol. The maximum Gasteiger partial charge on any atom is 0.264 e. The van der Waals surface area contributed by atoms with Crippen LogP contribution in [0, 0.1) is 5.82 Å². The highest BCUT2D eigenvalue weighted by Gasteiger charge is 2.32. The Bertz CT molecular complexity index is 1340. The molecule has 0 aliphatic heterocycles. The van der Waals surface area contributed by atoms with Crippen LogP contribution in [0.25, 0.3) is 0 Å². The van der Waals surface area contributed by atoms with Crippen LogP contribution < -0.4 is 9.62 Å². The largest absolute Gasteiger partial charge is 0.357 e. The van der Waals surface area contributed by atoms with Crippen molar-refractivity contribution >= 4 is 50.7 Å². The average molecular weight is 552 g/mol. The summed E-state index contributed by atoms with van der Waals surface area (Å²) >= 11 is 12.3. The summed E-state index contributed by atoms with van der Waals surface area (Å²) in [6.07, 6.45) is 0. The molecule has 11 heteroatoms. The molecule has 36 heavy (non-hydrogen) atoms. The molecular weight excluding hydrogens is 528 g/mol. The Kier molecular flexibility index (Phi) is 8.94. The van der Waals surface area contributed by atoms with Gasteiger partial charge < -0.3 is 10.2 Å². The van der Waals surface area contributed by atoms with E-state index in [9.17, 15) is 22.4 Å². The van der Waals surface area contributed by atoms with Crippen LogP contribution >= 0.6 is 23.2 Å². The van der Waals surface area contributed by atoms with Gasteiger partial charge in [-0.25, -0.2) is 12.8 Å². The molecule has 0 aliphatic rings. The minimum atomic E-state index is -4.26. The Morgan fingerprint density at radius 3 is 2.22 bits per heavy atom. The van der Waals surface area contributed by atoms with Crippen LogP contribution in [0.15, 0.2) is 77.7 Å². The van der Waals surface area contributed by atoms with Crippen molar-refractivity contribution in [3.05, 3.63) is 94.2 Å². The average Bonchev–Trinajstić information content (AvgIpc) is 2.86. The third-order valence-corrected chi connectivity index (χ3v) is 7.87. The van der Waals surface area contributed by atoms with Gasteiger partial charge in [0, 0.05) is 23.6 Å². The molecule has 0 saturated carbocycles.